The number of fused-ring (bicyclic) bond motifs is 1. The average molecular weight is 207 g/mol. The normalized spacial score (nSPS) is 15.6. The lowest BCUT2D eigenvalue weighted by Gasteiger charge is -2.29. The molecule has 1 aliphatic rings. The Morgan fingerprint density at radius 1 is 1.47 bits per heavy atom. The van der Waals surface area contributed by atoms with E-state index >= 15 is 0 Å². The molecule has 1 aliphatic heterocycles. The van der Waals surface area contributed by atoms with Gasteiger partial charge in [0.25, 0.3) is 0 Å². The molecule has 1 aromatic heterocycles. The summed E-state index contributed by atoms with van der Waals surface area (Å²) in [5, 5.41) is 0. The molecule has 0 aromatic carbocycles. The van der Waals surface area contributed by atoms with Crippen LogP contribution in [-0.2, 0) is 17.9 Å². The number of imidazole rings is 1. The van der Waals surface area contributed by atoms with Gasteiger partial charge in [0.05, 0.1) is 6.54 Å². The Hall–Kier alpha value is -1.32. The SMILES string of the molecule is Cc1cnc2n1CCN(C(=O)C(C)C)C2. The molecule has 0 fully saturated rings. The van der Waals surface area contributed by atoms with E-state index < -0.39 is 0 Å². The maximum Gasteiger partial charge on any atom is 0.225 e. The fourth-order valence-electron chi connectivity index (χ4n) is 1.97. The van der Waals surface area contributed by atoms with Crippen LogP contribution < -0.4 is 0 Å². The molecule has 82 valence electrons. The Morgan fingerprint density at radius 2 is 2.20 bits per heavy atom. The topological polar surface area (TPSA) is 38.1 Å². The summed E-state index contributed by atoms with van der Waals surface area (Å²) in [5.74, 6) is 1.31. The van der Waals surface area contributed by atoms with Crippen LogP contribution in [0.15, 0.2) is 6.20 Å². The summed E-state index contributed by atoms with van der Waals surface area (Å²) in [4.78, 5) is 18.0. The van der Waals surface area contributed by atoms with Gasteiger partial charge in [0.2, 0.25) is 5.91 Å². The zero-order valence-corrected chi connectivity index (χ0v) is 9.53. The van der Waals surface area contributed by atoms with Crippen LogP contribution in [0.25, 0.3) is 0 Å². The molecular formula is C11H17N3O. The number of nitrogens with zero attached hydrogens (tertiary/aromatic N) is 3. The van der Waals surface area contributed by atoms with Gasteiger partial charge in [-0.05, 0) is 6.92 Å². The van der Waals surface area contributed by atoms with Gasteiger partial charge in [-0.2, -0.15) is 0 Å². The smallest absolute Gasteiger partial charge is 0.225 e. The van der Waals surface area contributed by atoms with Crippen LogP contribution >= 0.6 is 0 Å². The zero-order chi connectivity index (χ0) is 11.0. The second-order valence-corrected chi connectivity index (χ2v) is 4.38. The third-order valence-corrected chi connectivity index (χ3v) is 2.87. The third kappa shape index (κ3) is 1.76. The maximum absolute atomic E-state index is 11.8. The Morgan fingerprint density at radius 3 is 2.87 bits per heavy atom. The van der Waals surface area contributed by atoms with Crippen molar-refractivity contribution in [3.8, 4) is 0 Å². The Bertz CT molecular complexity index is 381. The van der Waals surface area contributed by atoms with E-state index in [1.807, 2.05) is 24.9 Å². The number of amides is 1. The van der Waals surface area contributed by atoms with Crippen LogP contribution in [0.1, 0.15) is 25.4 Å². The highest BCUT2D eigenvalue weighted by Gasteiger charge is 2.23. The molecule has 4 heteroatoms. The van der Waals surface area contributed by atoms with Gasteiger partial charge in [0.15, 0.2) is 0 Å². The van der Waals surface area contributed by atoms with Crippen LogP contribution in [0.3, 0.4) is 0 Å². The number of hydrogen-bond donors (Lipinski definition) is 0. The highest BCUT2D eigenvalue weighted by atomic mass is 16.2. The minimum Gasteiger partial charge on any atom is -0.333 e. The minimum atomic E-state index is 0.0765. The van der Waals surface area contributed by atoms with E-state index in [-0.39, 0.29) is 11.8 Å². The van der Waals surface area contributed by atoms with Crippen molar-refractivity contribution in [2.45, 2.75) is 33.9 Å². The van der Waals surface area contributed by atoms with Crippen molar-refractivity contribution in [3.63, 3.8) is 0 Å². The van der Waals surface area contributed by atoms with Crippen molar-refractivity contribution in [1.29, 1.82) is 0 Å². The van der Waals surface area contributed by atoms with Crippen molar-refractivity contribution < 1.29 is 4.79 Å². The summed E-state index contributed by atoms with van der Waals surface area (Å²) < 4.78 is 2.18. The van der Waals surface area contributed by atoms with E-state index in [1.54, 1.807) is 0 Å². The molecular weight excluding hydrogens is 190 g/mol. The monoisotopic (exact) mass is 207 g/mol. The largest absolute Gasteiger partial charge is 0.333 e. The minimum absolute atomic E-state index is 0.0765. The van der Waals surface area contributed by atoms with Crippen molar-refractivity contribution in [2.75, 3.05) is 6.54 Å². The van der Waals surface area contributed by atoms with Crippen molar-refractivity contribution in [1.82, 2.24) is 14.5 Å². The second-order valence-electron chi connectivity index (χ2n) is 4.38. The first-order valence-corrected chi connectivity index (χ1v) is 5.39. The fourth-order valence-corrected chi connectivity index (χ4v) is 1.97. The summed E-state index contributed by atoms with van der Waals surface area (Å²) in [5.41, 5.74) is 1.18. The summed E-state index contributed by atoms with van der Waals surface area (Å²) in [6.45, 7) is 8.27. The number of rotatable bonds is 1. The van der Waals surface area contributed by atoms with Gasteiger partial charge in [-0.1, -0.05) is 13.8 Å². The molecule has 0 unspecified atom stereocenters. The van der Waals surface area contributed by atoms with Gasteiger partial charge >= 0.3 is 0 Å². The number of hydrogen-bond acceptors (Lipinski definition) is 2. The van der Waals surface area contributed by atoms with E-state index in [0.717, 1.165) is 18.9 Å². The van der Waals surface area contributed by atoms with Crippen molar-refractivity contribution >= 4 is 5.91 Å². The average Bonchev–Trinajstić information content (AvgIpc) is 2.59. The predicted octanol–water partition coefficient (Wildman–Crippen LogP) is 1.19. The lowest BCUT2D eigenvalue weighted by molar-refractivity contribution is -0.136. The highest BCUT2D eigenvalue weighted by Crippen LogP contribution is 2.15. The first kappa shape index (κ1) is 10.2. The Kier molecular flexibility index (Phi) is 2.50. The zero-order valence-electron chi connectivity index (χ0n) is 9.53. The van der Waals surface area contributed by atoms with Gasteiger partial charge in [-0.25, -0.2) is 4.98 Å². The first-order valence-electron chi connectivity index (χ1n) is 5.39. The maximum atomic E-state index is 11.8. The molecule has 1 amide bonds. The third-order valence-electron chi connectivity index (χ3n) is 2.87. The molecule has 2 rings (SSSR count). The summed E-state index contributed by atoms with van der Waals surface area (Å²) in [6.07, 6.45) is 1.87. The molecule has 0 bridgehead atoms. The standard InChI is InChI=1S/C11H17N3O/c1-8(2)11(15)13-4-5-14-9(3)6-12-10(14)7-13/h6,8H,4-5,7H2,1-3H3. The molecule has 0 saturated carbocycles. The molecule has 4 nitrogen and oxygen atoms in total. The van der Waals surface area contributed by atoms with E-state index in [2.05, 4.69) is 16.5 Å². The number of aryl methyl sites for hydroxylation is 1. The lowest BCUT2D eigenvalue weighted by atomic mass is 10.2. The quantitative estimate of drug-likeness (QED) is 0.693. The number of aromatic nitrogens is 2. The fraction of sp³-hybridized carbons (Fsp3) is 0.636. The predicted molar refractivity (Wildman–Crippen MR) is 57.2 cm³/mol. The summed E-state index contributed by atoms with van der Waals surface area (Å²) in [7, 11) is 0. The van der Waals surface area contributed by atoms with E-state index in [4.69, 9.17) is 0 Å². The van der Waals surface area contributed by atoms with E-state index in [1.165, 1.54) is 5.69 Å². The Balaban J connectivity index is 2.16. The molecule has 0 spiro atoms. The van der Waals surface area contributed by atoms with Crippen LogP contribution in [0.4, 0.5) is 0 Å². The van der Waals surface area contributed by atoms with Crippen molar-refractivity contribution in [3.05, 3.63) is 17.7 Å². The van der Waals surface area contributed by atoms with Crippen LogP contribution in [0.2, 0.25) is 0 Å². The lowest BCUT2D eigenvalue weighted by Crippen LogP contribution is -2.40. The molecule has 0 saturated heterocycles. The summed E-state index contributed by atoms with van der Waals surface area (Å²) >= 11 is 0. The van der Waals surface area contributed by atoms with E-state index in [0.29, 0.717) is 6.54 Å². The van der Waals surface area contributed by atoms with Crippen LogP contribution in [0, 0.1) is 12.8 Å². The molecule has 0 atom stereocenters. The number of carbonyl (C=O) groups is 1. The molecule has 0 radical (unpaired) electrons. The molecule has 15 heavy (non-hydrogen) atoms. The molecule has 2 heterocycles. The summed E-state index contributed by atoms with van der Waals surface area (Å²) in [6, 6.07) is 0. The highest BCUT2D eigenvalue weighted by molar-refractivity contribution is 5.78. The van der Waals surface area contributed by atoms with Gasteiger partial charge in [-0.3, -0.25) is 4.79 Å². The van der Waals surface area contributed by atoms with E-state index in [9.17, 15) is 4.79 Å². The van der Waals surface area contributed by atoms with Crippen LogP contribution in [-0.4, -0.2) is 26.9 Å². The van der Waals surface area contributed by atoms with Crippen molar-refractivity contribution in [2.24, 2.45) is 5.92 Å². The van der Waals surface area contributed by atoms with Crippen LogP contribution in [0.5, 0.6) is 0 Å². The second kappa shape index (κ2) is 3.68. The van der Waals surface area contributed by atoms with Gasteiger partial charge in [0, 0.05) is 30.9 Å². The Labute approximate surface area is 89.9 Å². The van der Waals surface area contributed by atoms with Gasteiger partial charge < -0.3 is 9.47 Å². The molecule has 0 aliphatic carbocycles. The van der Waals surface area contributed by atoms with Gasteiger partial charge in [0.1, 0.15) is 5.82 Å². The number of carbonyl (C=O) groups excluding carboxylic acids is 1. The van der Waals surface area contributed by atoms with Gasteiger partial charge in [-0.15, -0.1) is 0 Å². The first-order chi connectivity index (χ1) is 7.09. The molecule has 1 aromatic rings. The molecule has 0 N–H and O–H groups in total.